The van der Waals surface area contributed by atoms with E-state index in [0.29, 0.717) is 18.0 Å². The smallest absolute Gasteiger partial charge is 0.161 e. The molecule has 0 amide bonds. The van der Waals surface area contributed by atoms with Gasteiger partial charge in [0.2, 0.25) is 0 Å². The van der Waals surface area contributed by atoms with E-state index in [1.54, 1.807) is 7.11 Å². The van der Waals surface area contributed by atoms with Crippen LogP contribution < -0.4 is 9.47 Å². The molecule has 3 rings (SSSR count). The van der Waals surface area contributed by atoms with Gasteiger partial charge in [0.1, 0.15) is 12.7 Å². The number of likely N-dealkylation sites (N-methyl/N-ethyl adjacent to an activating group) is 2. The predicted octanol–water partition coefficient (Wildman–Crippen LogP) is 0.446. The highest BCUT2D eigenvalue weighted by molar-refractivity contribution is 5.43. The maximum Gasteiger partial charge on any atom is 0.161 e. The third-order valence-corrected chi connectivity index (χ3v) is 6.08. The van der Waals surface area contributed by atoms with E-state index >= 15 is 0 Å². The van der Waals surface area contributed by atoms with Crippen molar-refractivity contribution in [1.29, 1.82) is 0 Å². The molecule has 1 aromatic carbocycles. The van der Waals surface area contributed by atoms with Crippen LogP contribution in [0.2, 0.25) is 0 Å². The summed E-state index contributed by atoms with van der Waals surface area (Å²) in [4.78, 5) is 9.38. The first-order chi connectivity index (χ1) is 15.0. The van der Waals surface area contributed by atoms with Crippen molar-refractivity contribution in [2.24, 2.45) is 0 Å². The number of β-amino-alcohol motifs (C(OH)–C–C–N with tert-alkyl or cyclic N) is 1. The summed E-state index contributed by atoms with van der Waals surface area (Å²) < 4.78 is 16.9. The topological polar surface area (TPSA) is 60.9 Å². The number of aliphatic hydroxyl groups excluding tert-OH is 1. The number of nitrogens with zero attached hydrogens (tertiary/aromatic N) is 4. The van der Waals surface area contributed by atoms with Gasteiger partial charge in [0.25, 0.3) is 0 Å². The molecule has 0 spiro atoms. The Kier molecular flexibility index (Phi) is 9.83. The summed E-state index contributed by atoms with van der Waals surface area (Å²) in [6.45, 7) is 11.6. The largest absolute Gasteiger partial charge is 0.493 e. The van der Waals surface area contributed by atoms with Crippen molar-refractivity contribution in [3.8, 4) is 11.5 Å². The number of piperazine rings is 1. The zero-order chi connectivity index (χ0) is 22.1. The van der Waals surface area contributed by atoms with Crippen LogP contribution in [0.5, 0.6) is 11.5 Å². The van der Waals surface area contributed by atoms with Crippen LogP contribution >= 0.6 is 0 Å². The van der Waals surface area contributed by atoms with Crippen LogP contribution in [-0.2, 0) is 11.3 Å². The number of morpholine rings is 1. The summed E-state index contributed by atoms with van der Waals surface area (Å²) in [6.07, 6.45) is -0.520. The predicted molar refractivity (Wildman–Crippen MR) is 122 cm³/mol. The zero-order valence-corrected chi connectivity index (χ0v) is 19.5. The van der Waals surface area contributed by atoms with Crippen molar-refractivity contribution in [1.82, 2.24) is 19.6 Å². The average molecular weight is 437 g/mol. The Morgan fingerprint density at radius 1 is 1.06 bits per heavy atom. The van der Waals surface area contributed by atoms with E-state index in [0.717, 1.165) is 72.1 Å². The molecule has 176 valence electrons. The van der Waals surface area contributed by atoms with E-state index in [9.17, 15) is 5.11 Å². The summed E-state index contributed by atoms with van der Waals surface area (Å²) in [6, 6.07) is 6.07. The van der Waals surface area contributed by atoms with Crippen LogP contribution in [0.3, 0.4) is 0 Å². The van der Waals surface area contributed by atoms with Gasteiger partial charge in [0.15, 0.2) is 11.5 Å². The van der Waals surface area contributed by atoms with Crippen molar-refractivity contribution in [3.63, 3.8) is 0 Å². The molecule has 0 aromatic heterocycles. The van der Waals surface area contributed by atoms with E-state index < -0.39 is 6.10 Å². The Morgan fingerprint density at radius 3 is 2.52 bits per heavy atom. The first kappa shape index (κ1) is 24.2. The van der Waals surface area contributed by atoms with Crippen molar-refractivity contribution < 1.29 is 19.3 Å². The quantitative estimate of drug-likeness (QED) is 0.537. The molecule has 8 nitrogen and oxygen atoms in total. The van der Waals surface area contributed by atoms with Gasteiger partial charge in [-0.3, -0.25) is 9.80 Å². The molecule has 0 saturated carbocycles. The molecule has 1 unspecified atom stereocenters. The fourth-order valence-electron chi connectivity index (χ4n) is 4.03. The summed E-state index contributed by atoms with van der Waals surface area (Å²) in [5, 5.41) is 10.5. The summed E-state index contributed by atoms with van der Waals surface area (Å²) in [7, 11) is 5.93. The second-order valence-electron chi connectivity index (χ2n) is 8.75. The number of rotatable bonds is 11. The van der Waals surface area contributed by atoms with Crippen molar-refractivity contribution in [2.75, 3.05) is 99.9 Å². The van der Waals surface area contributed by atoms with Crippen molar-refractivity contribution in [2.45, 2.75) is 12.6 Å². The summed E-state index contributed by atoms with van der Waals surface area (Å²) in [5.74, 6) is 1.39. The molecule has 1 N–H and O–H groups in total. The summed E-state index contributed by atoms with van der Waals surface area (Å²) >= 11 is 0. The number of methoxy groups -OCH3 is 1. The Balaban J connectivity index is 1.46. The minimum Gasteiger partial charge on any atom is -0.493 e. The molecule has 2 saturated heterocycles. The second-order valence-corrected chi connectivity index (χ2v) is 8.75. The van der Waals surface area contributed by atoms with E-state index in [-0.39, 0.29) is 6.61 Å². The molecule has 0 aliphatic carbocycles. The maximum atomic E-state index is 10.5. The van der Waals surface area contributed by atoms with Crippen LogP contribution in [0.4, 0.5) is 0 Å². The summed E-state index contributed by atoms with van der Waals surface area (Å²) in [5.41, 5.74) is 1.17. The fourth-order valence-corrected chi connectivity index (χ4v) is 4.03. The molecule has 2 fully saturated rings. The Morgan fingerprint density at radius 2 is 1.81 bits per heavy atom. The molecule has 1 atom stereocenters. The second kappa shape index (κ2) is 12.6. The van der Waals surface area contributed by atoms with Gasteiger partial charge in [-0.15, -0.1) is 0 Å². The van der Waals surface area contributed by atoms with Gasteiger partial charge in [-0.2, -0.15) is 0 Å². The molecule has 2 aliphatic rings. The van der Waals surface area contributed by atoms with Gasteiger partial charge >= 0.3 is 0 Å². The van der Waals surface area contributed by atoms with Crippen LogP contribution in [-0.4, -0.2) is 131 Å². The Hall–Kier alpha value is -1.42. The first-order valence-corrected chi connectivity index (χ1v) is 11.4. The van der Waals surface area contributed by atoms with E-state index in [4.69, 9.17) is 14.2 Å². The number of benzene rings is 1. The lowest BCUT2D eigenvalue weighted by atomic mass is 10.2. The van der Waals surface area contributed by atoms with E-state index in [1.165, 1.54) is 5.56 Å². The molecule has 31 heavy (non-hydrogen) atoms. The van der Waals surface area contributed by atoms with E-state index in [1.807, 2.05) is 12.1 Å². The molecule has 0 radical (unpaired) electrons. The molecule has 2 heterocycles. The minimum atomic E-state index is -0.520. The number of aliphatic hydroxyl groups is 1. The lowest BCUT2D eigenvalue weighted by Gasteiger charge is -2.33. The van der Waals surface area contributed by atoms with Gasteiger partial charge in [0.05, 0.1) is 20.3 Å². The molecular weight excluding hydrogens is 396 g/mol. The van der Waals surface area contributed by atoms with Gasteiger partial charge in [-0.25, -0.2) is 0 Å². The third-order valence-electron chi connectivity index (χ3n) is 6.08. The van der Waals surface area contributed by atoms with Crippen molar-refractivity contribution in [3.05, 3.63) is 23.8 Å². The highest BCUT2D eigenvalue weighted by Crippen LogP contribution is 2.28. The van der Waals surface area contributed by atoms with E-state index in [2.05, 4.69) is 39.8 Å². The first-order valence-electron chi connectivity index (χ1n) is 11.4. The molecule has 0 bridgehead atoms. The number of hydrogen-bond acceptors (Lipinski definition) is 8. The monoisotopic (exact) mass is 436 g/mol. The SMILES string of the molecule is COc1ccc(CN(C)CCN2CCOCC2)cc1OCC(O)CN1CCN(C)CC1. The number of ether oxygens (including phenoxy) is 3. The Bertz CT molecular complexity index is 648. The lowest BCUT2D eigenvalue weighted by Crippen LogP contribution is -2.47. The molecular formula is C23H40N4O4. The highest BCUT2D eigenvalue weighted by Gasteiger charge is 2.18. The Labute approximate surface area is 187 Å². The fraction of sp³-hybridized carbons (Fsp3) is 0.739. The van der Waals surface area contributed by atoms with Gasteiger partial charge < -0.3 is 29.1 Å². The standard InChI is InChI=1S/C23H40N4O4/c1-24-6-10-27(11-7-24)18-21(28)19-31-23-16-20(4-5-22(23)29-3)17-25(2)8-9-26-12-14-30-15-13-26/h4-5,16,21,28H,6-15,17-19H2,1-3H3. The molecule has 8 heteroatoms. The third kappa shape index (κ3) is 8.21. The highest BCUT2D eigenvalue weighted by atomic mass is 16.5. The number of hydrogen-bond donors (Lipinski definition) is 1. The van der Waals surface area contributed by atoms with Gasteiger partial charge in [-0.1, -0.05) is 6.07 Å². The molecule has 1 aromatic rings. The lowest BCUT2D eigenvalue weighted by molar-refractivity contribution is 0.0342. The van der Waals surface area contributed by atoms with Crippen LogP contribution in [0.25, 0.3) is 0 Å². The minimum absolute atomic E-state index is 0.263. The van der Waals surface area contributed by atoms with Crippen molar-refractivity contribution >= 4 is 0 Å². The normalized spacial score (nSPS) is 20.2. The van der Waals surface area contributed by atoms with Gasteiger partial charge in [-0.05, 0) is 31.8 Å². The molecule has 2 aliphatic heterocycles. The maximum absolute atomic E-state index is 10.5. The van der Waals surface area contributed by atoms with Crippen LogP contribution in [0.1, 0.15) is 5.56 Å². The average Bonchev–Trinajstić information content (AvgIpc) is 2.79. The van der Waals surface area contributed by atoms with Crippen LogP contribution in [0.15, 0.2) is 18.2 Å². The van der Waals surface area contributed by atoms with Crippen LogP contribution in [0, 0.1) is 0 Å². The zero-order valence-electron chi connectivity index (χ0n) is 19.5. The van der Waals surface area contributed by atoms with Gasteiger partial charge in [0, 0.05) is 65.4 Å².